The minimum Gasteiger partial charge on any atom is -0.340 e. The summed E-state index contributed by atoms with van der Waals surface area (Å²) in [5, 5.41) is 3.35. The summed E-state index contributed by atoms with van der Waals surface area (Å²) >= 11 is 0. The summed E-state index contributed by atoms with van der Waals surface area (Å²) in [6, 6.07) is 0.816. The fourth-order valence-corrected chi connectivity index (χ4v) is 3.87. The number of amides is 1. The first-order valence-electron chi connectivity index (χ1n) is 8.05. The summed E-state index contributed by atoms with van der Waals surface area (Å²) in [5.41, 5.74) is 0. The van der Waals surface area contributed by atoms with E-state index in [2.05, 4.69) is 15.1 Å². The highest BCUT2D eigenvalue weighted by Gasteiger charge is 2.29. The second-order valence-electron chi connectivity index (χ2n) is 6.42. The van der Waals surface area contributed by atoms with E-state index in [0.29, 0.717) is 11.8 Å². The molecule has 0 aromatic rings. The van der Waals surface area contributed by atoms with Crippen molar-refractivity contribution in [3.63, 3.8) is 0 Å². The van der Waals surface area contributed by atoms with Crippen molar-refractivity contribution in [1.29, 1.82) is 0 Å². The summed E-state index contributed by atoms with van der Waals surface area (Å²) in [6.45, 7) is 6.23. The molecule has 1 saturated carbocycles. The molecule has 3 rings (SSSR count). The molecule has 1 atom stereocenters. The maximum Gasteiger partial charge on any atom is 0.222 e. The quantitative estimate of drug-likeness (QED) is 0.854. The van der Waals surface area contributed by atoms with Gasteiger partial charge in [-0.2, -0.15) is 0 Å². The number of nitrogens with one attached hydrogen (secondary N) is 1. The molecular weight excluding hydrogens is 309 g/mol. The molecule has 124 valence electrons. The predicted molar refractivity (Wildman–Crippen MR) is 90.5 cm³/mol. The van der Waals surface area contributed by atoms with Crippen molar-refractivity contribution in [1.82, 2.24) is 15.1 Å². The van der Waals surface area contributed by atoms with Gasteiger partial charge in [0.25, 0.3) is 0 Å². The highest BCUT2D eigenvalue weighted by molar-refractivity contribution is 5.85. The second kappa shape index (κ2) is 9.19. The molecule has 0 radical (unpaired) electrons. The van der Waals surface area contributed by atoms with Gasteiger partial charge in [-0.05, 0) is 38.3 Å². The zero-order chi connectivity index (χ0) is 13.1. The van der Waals surface area contributed by atoms with Gasteiger partial charge in [0.2, 0.25) is 5.91 Å². The lowest BCUT2D eigenvalue weighted by Crippen LogP contribution is -2.51. The van der Waals surface area contributed by atoms with E-state index in [1.165, 1.54) is 32.1 Å². The molecule has 1 aliphatic carbocycles. The number of hydrogen-bond acceptors (Lipinski definition) is 3. The molecule has 2 saturated heterocycles. The number of carbonyl (C=O) groups is 1. The van der Waals surface area contributed by atoms with Crippen LogP contribution in [0.3, 0.4) is 0 Å². The zero-order valence-electron chi connectivity index (χ0n) is 12.8. The molecule has 0 bridgehead atoms. The standard InChI is InChI=1S/C15H27N3O.2ClH/c19-15(11-13-5-6-16-12-13)18-9-7-17(8-10-18)14-3-1-2-4-14;;/h13-14,16H,1-12H2;2*1H. The van der Waals surface area contributed by atoms with Crippen molar-refractivity contribution < 1.29 is 4.79 Å². The van der Waals surface area contributed by atoms with Crippen molar-refractivity contribution in [2.24, 2.45) is 5.92 Å². The first-order valence-corrected chi connectivity index (χ1v) is 8.05. The van der Waals surface area contributed by atoms with Crippen molar-refractivity contribution in [2.45, 2.75) is 44.6 Å². The summed E-state index contributed by atoms with van der Waals surface area (Å²) in [5.74, 6) is 0.972. The van der Waals surface area contributed by atoms with Crippen LogP contribution in [-0.4, -0.2) is 61.0 Å². The Labute approximate surface area is 140 Å². The molecular formula is C15H29Cl2N3O. The number of halogens is 2. The minimum atomic E-state index is 0. The summed E-state index contributed by atoms with van der Waals surface area (Å²) in [6.07, 6.45) is 7.49. The van der Waals surface area contributed by atoms with E-state index in [0.717, 1.165) is 51.7 Å². The highest BCUT2D eigenvalue weighted by atomic mass is 35.5. The summed E-state index contributed by atoms with van der Waals surface area (Å²) in [7, 11) is 0. The van der Waals surface area contributed by atoms with Gasteiger partial charge in [-0.15, -0.1) is 24.8 Å². The van der Waals surface area contributed by atoms with E-state index in [-0.39, 0.29) is 24.8 Å². The molecule has 3 fully saturated rings. The Morgan fingerprint density at radius 1 is 1.00 bits per heavy atom. The SMILES string of the molecule is Cl.Cl.O=C(CC1CCNC1)N1CCN(C2CCCC2)CC1. The number of nitrogens with zero attached hydrogens (tertiary/aromatic N) is 2. The fourth-order valence-electron chi connectivity index (χ4n) is 3.87. The van der Waals surface area contributed by atoms with Crippen molar-refractivity contribution in [2.75, 3.05) is 39.3 Å². The van der Waals surface area contributed by atoms with E-state index >= 15 is 0 Å². The monoisotopic (exact) mass is 337 g/mol. The van der Waals surface area contributed by atoms with E-state index in [4.69, 9.17) is 0 Å². The predicted octanol–water partition coefficient (Wildman–Crippen LogP) is 1.92. The summed E-state index contributed by atoms with van der Waals surface area (Å²) in [4.78, 5) is 17.0. The Balaban J connectivity index is 0.00000110. The van der Waals surface area contributed by atoms with Gasteiger partial charge in [0.1, 0.15) is 0 Å². The van der Waals surface area contributed by atoms with Crippen molar-refractivity contribution >= 4 is 30.7 Å². The number of hydrogen-bond donors (Lipinski definition) is 1. The maximum absolute atomic E-state index is 12.3. The largest absolute Gasteiger partial charge is 0.340 e. The van der Waals surface area contributed by atoms with Crippen LogP contribution in [0.2, 0.25) is 0 Å². The number of rotatable bonds is 3. The lowest BCUT2D eigenvalue weighted by atomic mass is 10.0. The lowest BCUT2D eigenvalue weighted by Gasteiger charge is -2.38. The molecule has 1 N–H and O–H groups in total. The van der Waals surface area contributed by atoms with Gasteiger partial charge in [0, 0.05) is 38.6 Å². The molecule has 1 unspecified atom stereocenters. The van der Waals surface area contributed by atoms with Crippen LogP contribution in [0.5, 0.6) is 0 Å². The smallest absolute Gasteiger partial charge is 0.222 e. The maximum atomic E-state index is 12.3. The minimum absolute atomic E-state index is 0. The van der Waals surface area contributed by atoms with Crippen molar-refractivity contribution in [3.05, 3.63) is 0 Å². The van der Waals surface area contributed by atoms with Crippen LogP contribution in [-0.2, 0) is 4.79 Å². The van der Waals surface area contributed by atoms with Gasteiger partial charge < -0.3 is 10.2 Å². The molecule has 0 aromatic heterocycles. The van der Waals surface area contributed by atoms with Crippen LogP contribution < -0.4 is 5.32 Å². The third-order valence-electron chi connectivity index (χ3n) is 5.13. The van der Waals surface area contributed by atoms with E-state index in [9.17, 15) is 4.79 Å². The van der Waals surface area contributed by atoms with Gasteiger partial charge >= 0.3 is 0 Å². The van der Waals surface area contributed by atoms with E-state index in [1.54, 1.807) is 0 Å². The topological polar surface area (TPSA) is 35.6 Å². The van der Waals surface area contributed by atoms with Gasteiger partial charge in [-0.25, -0.2) is 0 Å². The lowest BCUT2D eigenvalue weighted by molar-refractivity contribution is -0.134. The third-order valence-corrected chi connectivity index (χ3v) is 5.13. The van der Waals surface area contributed by atoms with E-state index < -0.39 is 0 Å². The zero-order valence-corrected chi connectivity index (χ0v) is 14.4. The molecule has 3 aliphatic rings. The van der Waals surface area contributed by atoms with Gasteiger partial charge in [0.05, 0.1) is 0 Å². The van der Waals surface area contributed by atoms with Gasteiger partial charge in [-0.3, -0.25) is 9.69 Å². The van der Waals surface area contributed by atoms with Crippen LogP contribution >= 0.6 is 24.8 Å². The first-order chi connectivity index (χ1) is 9.33. The summed E-state index contributed by atoms with van der Waals surface area (Å²) < 4.78 is 0. The highest BCUT2D eigenvalue weighted by Crippen LogP contribution is 2.24. The van der Waals surface area contributed by atoms with E-state index in [1.807, 2.05) is 0 Å². The first kappa shape index (κ1) is 19.0. The molecule has 4 nitrogen and oxygen atoms in total. The fraction of sp³-hybridized carbons (Fsp3) is 0.933. The Morgan fingerprint density at radius 2 is 1.67 bits per heavy atom. The molecule has 2 aliphatic heterocycles. The molecule has 2 heterocycles. The average Bonchev–Trinajstić information content (AvgIpc) is 3.12. The molecule has 1 amide bonds. The Morgan fingerprint density at radius 3 is 2.24 bits per heavy atom. The van der Waals surface area contributed by atoms with Gasteiger partial charge in [-0.1, -0.05) is 12.8 Å². The number of carbonyl (C=O) groups excluding carboxylic acids is 1. The van der Waals surface area contributed by atoms with Crippen LogP contribution in [0, 0.1) is 5.92 Å². The Hall–Kier alpha value is -0.0300. The van der Waals surface area contributed by atoms with Crippen molar-refractivity contribution in [3.8, 4) is 0 Å². The molecule has 21 heavy (non-hydrogen) atoms. The van der Waals surface area contributed by atoms with Gasteiger partial charge in [0.15, 0.2) is 0 Å². The second-order valence-corrected chi connectivity index (χ2v) is 6.42. The normalized spacial score (nSPS) is 27.2. The average molecular weight is 338 g/mol. The van der Waals surface area contributed by atoms with Crippen LogP contribution in [0.1, 0.15) is 38.5 Å². The third kappa shape index (κ3) is 4.98. The molecule has 6 heteroatoms. The van der Waals surface area contributed by atoms with Crippen LogP contribution in [0.15, 0.2) is 0 Å². The Bertz CT molecular complexity index is 310. The number of piperazine rings is 1. The molecule has 0 spiro atoms. The van der Waals surface area contributed by atoms with Crippen LogP contribution in [0.4, 0.5) is 0 Å². The Kier molecular flexibility index (Phi) is 8.32. The molecule has 0 aromatic carbocycles. The van der Waals surface area contributed by atoms with Crippen LogP contribution in [0.25, 0.3) is 0 Å².